The minimum Gasteiger partial charge on any atom is -0.462 e. The second-order valence-corrected chi connectivity index (χ2v) is 6.82. The first kappa shape index (κ1) is 24.7. The molecule has 0 saturated carbocycles. The molecule has 0 aliphatic rings. The van der Waals surface area contributed by atoms with Gasteiger partial charge in [-0.1, -0.05) is 6.58 Å². The largest absolute Gasteiger partial charge is 0.573 e. The number of alkyl halides is 3. The highest BCUT2D eigenvalue weighted by atomic mass is 19.4. The maximum Gasteiger partial charge on any atom is 0.573 e. The molecule has 13 heteroatoms. The van der Waals surface area contributed by atoms with E-state index in [1.807, 2.05) is 0 Å². The summed E-state index contributed by atoms with van der Waals surface area (Å²) < 4.78 is 47.5. The predicted molar refractivity (Wildman–Crippen MR) is 113 cm³/mol. The second-order valence-electron chi connectivity index (χ2n) is 6.82. The van der Waals surface area contributed by atoms with Crippen LogP contribution >= 0.6 is 0 Å². The van der Waals surface area contributed by atoms with Crippen LogP contribution in [0.4, 0.5) is 13.2 Å². The van der Waals surface area contributed by atoms with Crippen LogP contribution in [0, 0.1) is 0 Å². The Hall–Kier alpha value is -3.97. The van der Waals surface area contributed by atoms with E-state index in [0.717, 1.165) is 18.2 Å². The number of fused-ring (bicyclic) bond motifs is 1. The highest BCUT2D eigenvalue weighted by Crippen LogP contribution is 2.29. The third-order valence-corrected chi connectivity index (χ3v) is 4.53. The lowest BCUT2D eigenvalue weighted by Gasteiger charge is -2.13. The number of halogens is 3. The molecule has 3 rings (SSSR count). The van der Waals surface area contributed by atoms with Gasteiger partial charge in [0.1, 0.15) is 18.5 Å². The Bertz CT molecular complexity index is 1190. The Morgan fingerprint density at radius 1 is 1.26 bits per heavy atom. The standard InChI is InChI=1S/C21H20F3N5O5/c1-2-17(31)27-10-15-19-14(16(30)11-33-18(32)9-25)7-8-26-20(19)29(28-15)12-3-5-13(6-4-12)34-21(22,23)24/h2-8,16,30H,1,9-11,25H2,(H,27,31). The van der Waals surface area contributed by atoms with Crippen molar-refractivity contribution in [1.29, 1.82) is 0 Å². The molecule has 0 bridgehead atoms. The summed E-state index contributed by atoms with van der Waals surface area (Å²) in [5.41, 5.74) is 6.40. The maximum atomic E-state index is 12.5. The first-order valence-corrected chi connectivity index (χ1v) is 9.79. The van der Waals surface area contributed by atoms with Crippen molar-refractivity contribution in [2.45, 2.75) is 19.0 Å². The van der Waals surface area contributed by atoms with E-state index < -0.39 is 30.1 Å². The molecular weight excluding hydrogens is 459 g/mol. The van der Waals surface area contributed by atoms with Gasteiger partial charge in [-0.15, -0.1) is 13.2 Å². The zero-order valence-corrected chi connectivity index (χ0v) is 17.6. The van der Waals surface area contributed by atoms with Crippen molar-refractivity contribution in [3.05, 3.63) is 60.4 Å². The van der Waals surface area contributed by atoms with E-state index >= 15 is 0 Å². The number of hydrogen-bond donors (Lipinski definition) is 3. The van der Waals surface area contributed by atoms with Gasteiger partial charge in [-0.3, -0.25) is 9.59 Å². The number of ether oxygens (including phenoxy) is 2. The van der Waals surface area contributed by atoms with E-state index in [-0.39, 0.29) is 25.3 Å². The summed E-state index contributed by atoms with van der Waals surface area (Å²) >= 11 is 0. The van der Waals surface area contributed by atoms with Crippen LogP contribution in [0.15, 0.2) is 49.2 Å². The van der Waals surface area contributed by atoms with Crippen molar-refractivity contribution < 1.29 is 37.3 Å². The number of nitrogens with two attached hydrogens (primary N) is 1. The van der Waals surface area contributed by atoms with Crippen LogP contribution in [0.1, 0.15) is 17.4 Å². The molecule has 0 radical (unpaired) electrons. The third kappa shape index (κ3) is 5.88. The minimum absolute atomic E-state index is 0.0718. The Labute approximate surface area is 190 Å². The number of nitrogens with zero attached hydrogens (tertiary/aromatic N) is 3. The average molecular weight is 479 g/mol. The van der Waals surface area contributed by atoms with Crippen molar-refractivity contribution >= 4 is 22.9 Å². The fourth-order valence-electron chi connectivity index (χ4n) is 3.07. The number of carbonyl (C=O) groups is 2. The molecule has 2 aromatic heterocycles. The van der Waals surface area contributed by atoms with Gasteiger partial charge in [-0.2, -0.15) is 5.10 Å². The molecule has 180 valence electrons. The molecule has 10 nitrogen and oxygen atoms in total. The first-order chi connectivity index (χ1) is 16.1. The summed E-state index contributed by atoms with van der Waals surface area (Å²) in [5, 5.41) is 18.0. The fraction of sp³-hybridized carbons (Fsp3) is 0.238. The molecule has 34 heavy (non-hydrogen) atoms. The number of aliphatic hydroxyl groups excluding tert-OH is 1. The van der Waals surface area contributed by atoms with Gasteiger partial charge < -0.3 is 25.6 Å². The van der Waals surface area contributed by atoms with Gasteiger partial charge in [0.15, 0.2) is 5.65 Å². The number of rotatable bonds is 9. The fourth-order valence-corrected chi connectivity index (χ4v) is 3.07. The van der Waals surface area contributed by atoms with Gasteiger partial charge in [-0.05, 0) is 42.0 Å². The molecule has 0 saturated heterocycles. The lowest BCUT2D eigenvalue weighted by Crippen LogP contribution is -2.21. The van der Waals surface area contributed by atoms with E-state index in [9.17, 15) is 27.9 Å². The number of amides is 1. The van der Waals surface area contributed by atoms with Gasteiger partial charge >= 0.3 is 12.3 Å². The van der Waals surface area contributed by atoms with Crippen LogP contribution in [0.3, 0.4) is 0 Å². The number of benzene rings is 1. The summed E-state index contributed by atoms with van der Waals surface area (Å²) in [6.07, 6.45) is -3.65. The molecule has 1 atom stereocenters. The van der Waals surface area contributed by atoms with E-state index in [0.29, 0.717) is 22.3 Å². The van der Waals surface area contributed by atoms with Crippen LogP contribution < -0.4 is 15.8 Å². The molecule has 4 N–H and O–H groups in total. The van der Waals surface area contributed by atoms with Crippen LogP contribution in [0.2, 0.25) is 0 Å². The predicted octanol–water partition coefficient (Wildman–Crippen LogP) is 1.66. The zero-order valence-electron chi connectivity index (χ0n) is 17.6. The minimum atomic E-state index is -4.84. The maximum absolute atomic E-state index is 12.5. The highest BCUT2D eigenvalue weighted by molar-refractivity contribution is 5.88. The number of aromatic nitrogens is 3. The normalized spacial score (nSPS) is 12.3. The Kier molecular flexibility index (Phi) is 7.48. The topological polar surface area (TPSA) is 142 Å². The monoisotopic (exact) mass is 479 g/mol. The number of esters is 1. The number of pyridine rings is 1. The molecule has 0 fully saturated rings. The van der Waals surface area contributed by atoms with Crippen LogP contribution in [-0.2, 0) is 20.9 Å². The number of nitrogens with one attached hydrogen (secondary N) is 1. The van der Waals surface area contributed by atoms with Crippen LogP contribution in [-0.4, -0.2) is 51.3 Å². The molecule has 2 heterocycles. The van der Waals surface area contributed by atoms with Gasteiger partial charge in [-0.25, -0.2) is 9.67 Å². The summed E-state index contributed by atoms with van der Waals surface area (Å²) in [6.45, 7) is 2.56. The van der Waals surface area contributed by atoms with Crippen molar-refractivity contribution in [3.8, 4) is 11.4 Å². The summed E-state index contributed by atoms with van der Waals surface area (Å²) in [4.78, 5) is 27.3. The SMILES string of the molecule is C=CC(=O)NCc1nn(-c2ccc(OC(F)(F)F)cc2)c2nccc(C(O)COC(=O)CN)c12. The number of hydrogen-bond acceptors (Lipinski definition) is 8. The molecule has 0 aliphatic carbocycles. The molecule has 0 spiro atoms. The average Bonchev–Trinajstić information content (AvgIpc) is 3.19. The van der Waals surface area contributed by atoms with Crippen molar-refractivity contribution in [1.82, 2.24) is 20.1 Å². The first-order valence-electron chi connectivity index (χ1n) is 9.79. The van der Waals surface area contributed by atoms with Gasteiger partial charge in [0.2, 0.25) is 5.91 Å². The van der Waals surface area contributed by atoms with Crippen molar-refractivity contribution in [2.24, 2.45) is 5.73 Å². The van der Waals surface area contributed by atoms with Gasteiger partial charge in [0, 0.05) is 6.20 Å². The van der Waals surface area contributed by atoms with Crippen LogP contribution in [0.5, 0.6) is 5.75 Å². The molecule has 0 aliphatic heterocycles. The quantitative estimate of drug-likeness (QED) is 0.311. The number of aliphatic hydroxyl groups is 1. The van der Waals surface area contributed by atoms with E-state index in [4.69, 9.17) is 10.5 Å². The Morgan fingerprint density at radius 3 is 2.59 bits per heavy atom. The zero-order chi connectivity index (χ0) is 24.9. The summed E-state index contributed by atoms with van der Waals surface area (Å²) in [5.74, 6) is -1.60. The Balaban J connectivity index is 2.04. The number of carbonyl (C=O) groups excluding carboxylic acids is 2. The Morgan fingerprint density at radius 2 is 1.97 bits per heavy atom. The van der Waals surface area contributed by atoms with E-state index in [1.165, 1.54) is 29.1 Å². The highest BCUT2D eigenvalue weighted by Gasteiger charge is 2.31. The van der Waals surface area contributed by atoms with Gasteiger partial charge in [0.25, 0.3) is 0 Å². The van der Waals surface area contributed by atoms with E-state index in [1.54, 1.807) is 0 Å². The summed E-state index contributed by atoms with van der Waals surface area (Å²) in [7, 11) is 0. The molecule has 1 unspecified atom stereocenters. The molecule has 3 aromatic rings. The smallest absolute Gasteiger partial charge is 0.462 e. The molecular formula is C21H20F3N5O5. The second kappa shape index (κ2) is 10.3. The third-order valence-electron chi connectivity index (χ3n) is 4.53. The van der Waals surface area contributed by atoms with Crippen molar-refractivity contribution in [2.75, 3.05) is 13.2 Å². The van der Waals surface area contributed by atoms with Gasteiger partial charge in [0.05, 0.1) is 29.9 Å². The van der Waals surface area contributed by atoms with E-state index in [2.05, 4.69) is 26.7 Å². The van der Waals surface area contributed by atoms with Crippen LogP contribution in [0.25, 0.3) is 16.7 Å². The lowest BCUT2D eigenvalue weighted by atomic mass is 10.1. The summed E-state index contributed by atoms with van der Waals surface area (Å²) in [6, 6.07) is 6.40. The lowest BCUT2D eigenvalue weighted by molar-refractivity contribution is -0.274. The molecule has 1 aromatic carbocycles. The van der Waals surface area contributed by atoms with Crippen molar-refractivity contribution in [3.63, 3.8) is 0 Å². The molecule has 1 amide bonds.